The van der Waals surface area contributed by atoms with Crippen LogP contribution in [0.15, 0.2) is 18.2 Å². The van der Waals surface area contributed by atoms with Crippen molar-refractivity contribution in [1.82, 2.24) is 20.4 Å². The van der Waals surface area contributed by atoms with Crippen molar-refractivity contribution >= 4 is 16.8 Å². The van der Waals surface area contributed by atoms with E-state index in [4.69, 9.17) is 4.74 Å². The lowest BCUT2D eigenvalue weighted by molar-refractivity contribution is 0.0148. The summed E-state index contributed by atoms with van der Waals surface area (Å²) in [7, 11) is 0. The van der Waals surface area contributed by atoms with Gasteiger partial charge in [0.25, 0.3) is 5.91 Å². The van der Waals surface area contributed by atoms with E-state index in [1.807, 2.05) is 19.9 Å². The maximum Gasteiger partial charge on any atom is 0.272 e. The van der Waals surface area contributed by atoms with E-state index in [9.17, 15) is 9.90 Å². The van der Waals surface area contributed by atoms with E-state index in [0.717, 1.165) is 18.4 Å². The van der Waals surface area contributed by atoms with Gasteiger partial charge in [0.2, 0.25) is 0 Å². The van der Waals surface area contributed by atoms with E-state index in [1.54, 1.807) is 16.8 Å². The van der Waals surface area contributed by atoms with Crippen LogP contribution in [0, 0.1) is 0 Å². The molecule has 2 unspecified atom stereocenters. The summed E-state index contributed by atoms with van der Waals surface area (Å²) in [5.74, 6) is -0.137. The van der Waals surface area contributed by atoms with Crippen molar-refractivity contribution in [2.45, 2.75) is 50.9 Å². The summed E-state index contributed by atoms with van der Waals surface area (Å²) in [5.41, 5.74) is 1.07. The quantitative estimate of drug-likeness (QED) is 0.787. The molecular weight excluding hydrogens is 320 g/mol. The molecule has 0 spiro atoms. The van der Waals surface area contributed by atoms with Crippen molar-refractivity contribution in [2.75, 3.05) is 13.2 Å². The number of rotatable bonds is 3. The van der Waals surface area contributed by atoms with Crippen LogP contribution in [-0.4, -0.2) is 52.1 Å². The summed E-state index contributed by atoms with van der Waals surface area (Å²) in [4.78, 5) is 12.9. The fourth-order valence-corrected chi connectivity index (χ4v) is 3.94. The van der Waals surface area contributed by atoms with Crippen LogP contribution < -0.4 is 10.6 Å². The number of nitrogens with one attached hydrogen (secondary N) is 2. The van der Waals surface area contributed by atoms with Crippen LogP contribution in [0.25, 0.3) is 10.9 Å². The molecule has 2 bridgehead atoms. The third-order valence-electron chi connectivity index (χ3n) is 5.00. The van der Waals surface area contributed by atoms with Crippen LogP contribution in [-0.2, 0) is 4.74 Å². The van der Waals surface area contributed by atoms with Crippen LogP contribution >= 0.6 is 0 Å². The number of aromatic nitrogens is 2. The maximum absolute atomic E-state index is 12.9. The lowest BCUT2D eigenvalue weighted by atomic mass is 9.92. The normalized spacial score (nSPS) is 26.1. The molecular formula is C18H24N4O3. The van der Waals surface area contributed by atoms with Crippen LogP contribution in [0.2, 0.25) is 0 Å². The fourth-order valence-electron chi connectivity index (χ4n) is 3.94. The van der Waals surface area contributed by atoms with Gasteiger partial charge in [-0.15, -0.1) is 0 Å². The molecule has 25 heavy (non-hydrogen) atoms. The minimum Gasteiger partial charge on any atom is -0.507 e. The van der Waals surface area contributed by atoms with Gasteiger partial charge in [-0.05, 0) is 38.8 Å². The minimum absolute atomic E-state index is 0.0881. The standard InChI is InChI=1S/C18H24N4O3/c1-10(2)22-14-4-3-5-15(23)16(14)17(21-22)18(24)20-11-6-12-8-25-9-13(7-11)19-12/h3-5,10-13,19,23H,6-9H2,1-2H3,(H,20,24). The predicted molar refractivity (Wildman–Crippen MR) is 93.8 cm³/mol. The molecule has 2 fully saturated rings. The van der Waals surface area contributed by atoms with E-state index in [-0.39, 0.29) is 35.8 Å². The van der Waals surface area contributed by atoms with Crippen molar-refractivity contribution in [3.8, 4) is 5.75 Å². The van der Waals surface area contributed by atoms with E-state index in [0.29, 0.717) is 24.3 Å². The van der Waals surface area contributed by atoms with E-state index in [2.05, 4.69) is 15.7 Å². The zero-order valence-corrected chi connectivity index (χ0v) is 14.5. The van der Waals surface area contributed by atoms with Crippen molar-refractivity contribution in [3.05, 3.63) is 23.9 Å². The number of hydrogen-bond donors (Lipinski definition) is 3. The van der Waals surface area contributed by atoms with Gasteiger partial charge in [-0.25, -0.2) is 0 Å². The summed E-state index contributed by atoms with van der Waals surface area (Å²) >= 11 is 0. The Labute approximate surface area is 146 Å². The van der Waals surface area contributed by atoms with Crippen molar-refractivity contribution < 1.29 is 14.6 Å². The van der Waals surface area contributed by atoms with E-state index >= 15 is 0 Å². The topological polar surface area (TPSA) is 88.4 Å². The molecule has 0 aliphatic carbocycles. The van der Waals surface area contributed by atoms with Gasteiger partial charge in [-0.3, -0.25) is 9.48 Å². The second-order valence-corrected chi connectivity index (χ2v) is 7.30. The fraction of sp³-hybridized carbons (Fsp3) is 0.556. The zero-order chi connectivity index (χ0) is 17.6. The Hall–Kier alpha value is -2.12. The van der Waals surface area contributed by atoms with Gasteiger partial charge in [0, 0.05) is 24.2 Å². The molecule has 0 saturated carbocycles. The summed E-state index contributed by atoms with van der Waals surface area (Å²) in [6, 6.07) is 6.02. The average Bonchev–Trinajstić information content (AvgIpc) is 2.96. The Bertz CT molecular complexity index is 789. The lowest BCUT2D eigenvalue weighted by Crippen LogP contribution is -2.58. The maximum atomic E-state index is 12.9. The average molecular weight is 344 g/mol. The Morgan fingerprint density at radius 1 is 1.36 bits per heavy atom. The molecule has 0 radical (unpaired) electrons. The number of ether oxygens (including phenoxy) is 1. The van der Waals surface area contributed by atoms with Gasteiger partial charge in [0.15, 0.2) is 5.69 Å². The number of morpholine rings is 1. The monoisotopic (exact) mass is 344 g/mol. The van der Waals surface area contributed by atoms with Gasteiger partial charge in [0.05, 0.1) is 24.1 Å². The molecule has 1 amide bonds. The molecule has 4 rings (SSSR count). The number of hydrogen-bond acceptors (Lipinski definition) is 5. The first-order valence-corrected chi connectivity index (χ1v) is 8.87. The van der Waals surface area contributed by atoms with Gasteiger partial charge >= 0.3 is 0 Å². The molecule has 2 atom stereocenters. The molecule has 2 saturated heterocycles. The SMILES string of the molecule is CC(C)n1nc(C(=O)NC2CC3COCC(C2)N3)c2c(O)cccc21. The second-order valence-electron chi connectivity index (χ2n) is 7.30. The summed E-state index contributed by atoms with van der Waals surface area (Å²) in [6.45, 7) is 5.39. The summed E-state index contributed by atoms with van der Waals surface area (Å²) in [5, 5.41) is 21.9. The Morgan fingerprint density at radius 3 is 2.76 bits per heavy atom. The highest BCUT2D eigenvalue weighted by Gasteiger charge is 2.33. The molecule has 7 nitrogen and oxygen atoms in total. The van der Waals surface area contributed by atoms with Crippen LogP contribution in [0.3, 0.4) is 0 Å². The Balaban J connectivity index is 1.62. The highest BCUT2D eigenvalue weighted by Crippen LogP contribution is 2.30. The van der Waals surface area contributed by atoms with Crippen molar-refractivity contribution in [3.63, 3.8) is 0 Å². The number of phenols is 1. The number of aromatic hydroxyl groups is 1. The number of nitrogens with zero attached hydrogens (tertiary/aromatic N) is 2. The first-order valence-electron chi connectivity index (χ1n) is 8.87. The summed E-state index contributed by atoms with van der Waals surface area (Å²) in [6.07, 6.45) is 1.69. The van der Waals surface area contributed by atoms with Gasteiger partial charge in [0.1, 0.15) is 5.75 Å². The molecule has 1 aromatic carbocycles. The smallest absolute Gasteiger partial charge is 0.272 e. The lowest BCUT2D eigenvalue weighted by Gasteiger charge is -2.40. The number of benzene rings is 1. The second kappa shape index (κ2) is 6.31. The van der Waals surface area contributed by atoms with Crippen molar-refractivity contribution in [2.24, 2.45) is 0 Å². The predicted octanol–water partition coefficient (Wildman–Crippen LogP) is 1.57. The minimum atomic E-state index is -0.225. The zero-order valence-electron chi connectivity index (χ0n) is 14.5. The van der Waals surface area contributed by atoms with Crippen LogP contribution in [0.1, 0.15) is 43.2 Å². The molecule has 2 aliphatic heterocycles. The first kappa shape index (κ1) is 16.4. The summed E-state index contributed by atoms with van der Waals surface area (Å²) < 4.78 is 7.34. The molecule has 2 aromatic rings. The number of amides is 1. The highest BCUT2D eigenvalue weighted by molar-refractivity contribution is 6.07. The van der Waals surface area contributed by atoms with E-state index in [1.165, 1.54) is 0 Å². The Kier molecular flexibility index (Phi) is 4.13. The number of piperidine rings is 1. The first-order chi connectivity index (χ1) is 12.0. The van der Waals surface area contributed by atoms with Crippen molar-refractivity contribution in [1.29, 1.82) is 0 Å². The molecule has 134 valence electrons. The van der Waals surface area contributed by atoms with Crippen LogP contribution in [0.5, 0.6) is 5.75 Å². The number of carbonyl (C=O) groups is 1. The van der Waals surface area contributed by atoms with Gasteiger partial charge in [-0.2, -0.15) is 5.10 Å². The number of phenolic OH excluding ortho intramolecular Hbond substituents is 1. The molecule has 3 N–H and O–H groups in total. The molecule has 3 heterocycles. The third kappa shape index (κ3) is 2.98. The third-order valence-corrected chi connectivity index (χ3v) is 5.00. The number of carbonyl (C=O) groups excluding carboxylic acids is 1. The highest BCUT2D eigenvalue weighted by atomic mass is 16.5. The molecule has 2 aliphatic rings. The molecule has 7 heteroatoms. The van der Waals surface area contributed by atoms with E-state index < -0.39 is 0 Å². The van der Waals surface area contributed by atoms with Crippen LogP contribution in [0.4, 0.5) is 0 Å². The largest absolute Gasteiger partial charge is 0.507 e. The molecule has 1 aromatic heterocycles. The number of fused-ring (bicyclic) bond motifs is 3. The Morgan fingerprint density at radius 2 is 2.08 bits per heavy atom. The van der Waals surface area contributed by atoms with Gasteiger partial charge < -0.3 is 20.5 Å². The van der Waals surface area contributed by atoms with Gasteiger partial charge in [-0.1, -0.05) is 6.07 Å².